The Balaban J connectivity index is 1.70. The fourth-order valence-electron chi connectivity index (χ4n) is 3.84. The number of hydrogen-bond acceptors (Lipinski definition) is 6. The van der Waals surface area contributed by atoms with E-state index in [1.165, 1.54) is 4.90 Å². The smallest absolute Gasteiger partial charge is 0.295 e. The lowest BCUT2D eigenvalue weighted by molar-refractivity contribution is -0.140. The number of hydrogen-bond donors (Lipinski definition) is 1. The van der Waals surface area contributed by atoms with Crippen molar-refractivity contribution in [2.45, 2.75) is 13.0 Å². The van der Waals surface area contributed by atoms with E-state index in [-0.39, 0.29) is 11.3 Å². The van der Waals surface area contributed by atoms with Gasteiger partial charge in [-0.25, -0.2) is 0 Å². The average Bonchev–Trinajstić information content (AvgIpc) is 3.28. The number of morpholine rings is 1. The summed E-state index contributed by atoms with van der Waals surface area (Å²) in [6, 6.07) is 9.21. The summed E-state index contributed by atoms with van der Waals surface area (Å²) in [4.78, 5) is 29.5. The van der Waals surface area contributed by atoms with E-state index in [9.17, 15) is 14.7 Å². The summed E-state index contributed by atoms with van der Waals surface area (Å²) in [7, 11) is 0. The Hall–Kier alpha value is -2.61. The number of nitrogens with zero attached hydrogens (tertiary/aromatic N) is 2. The lowest BCUT2D eigenvalue weighted by Crippen LogP contribution is -2.42. The zero-order chi connectivity index (χ0) is 21.3. The zero-order valence-electron chi connectivity index (χ0n) is 16.6. The van der Waals surface area contributed by atoms with E-state index in [1.54, 1.807) is 43.3 Å². The summed E-state index contributed by atoms with van der Waals surface area (Å²) in [5.74, 6) is -0.487. The van der Waals surface area contributed by atoms with Gasteiger partial charge in [0.15, 0.2) is 0 Å². The molecule has 0 bridgehead atoms. The molecule has 2 saturated heterocycles. The fourth-order valence-corrected chi connectivity index (χ4v) is 3.97. The molecule has 2 aliphatic rings. The predicted molar refractivity (Wildman–Crippen MR) is 111 cm³/mol. The van der Waals surface area contributed by atoms with Gasteiger partial charge < -0.3 is 19.2 Å². The van der Waals surface area contributed by atoms with Crippen LogP contribution in [-0.4, -0.2) is 66.0 Å². The van der Waals surface area contributed by atoms with E-state index in [4.69, 9.17) is 20.8 Å². The Labute approximate surface area is 179 Å². The Morgan fingerprint density at radius 3 is 2.43 bits per heavy atom. The van der Waals surface area contributed by atoms with E-state index in [2.05, 4.69) is 4.90 Å². The van der Waals surface area contributed by atoms with Crippen LogP contribution in [0, 0.1) is 6.92 Å². The quantitative estimate of drug-likeness (QED) is 0.446. The summed E-state index contributed by atoms with van der Waals surface area (Å²) >= 11 is 5.94. The van der Waals surface area contributed by atoms with Crippen LogP contribution >= 0.6 is 11.6 Å². The summed E-state index contributed by atoms with van der Waals surface area (Å²) in [6.07, 6.45) is 0. The number of likely N-dealkylation sites (tertiary alicyclic amines) is 1. The largest absolute Gasteiger partial charge is 0.507 e. The molecule has 1 atom stereocenters. The van der Waals surface area contributed by atoms with Gasteiger partial charge in [-0.3, -0.25) is 14.5 Å². The number of benzene rings is 1. The van der Waals surface area contributed by atoms with Crippen LogP contribution in [0.3, 0.4) is 0 Å². The third kappa shape index (κ3) is 4.01. The van der Waals surface area contributed by atoms with Crippen molar-refractivity contribution in [1.82, 2.24) is 9.80 Å². The number of carbonyl (C=O) groups is 2. The highest BCUT2D eigenvalue weighted by Gasteiger charge is 2.47. The van der Waals surface area contributed by atoms with Crippen LogP contribution in [0.15, 0.2) is 46.4 Å². The number of aliphatic hydroxyl groups is 1. The number of ether oxygens (including phenoxy) is 1. The summed E-state index contributed by atoms with van der Waals surface area (Å²) in [5, 5.41) is 11.5. The molecule has 1 N–H and O–H groups in total. The summed E-state index contributed by atoms with van der Waals surface area (Å²) in [6.45, 7) is 5.59. The van der Waals surface area contributed by atoms with Crippen LogP contribution in [-0.2, 0) is 14.3 Å². The van der Waals surface area contributed by atoms with Crippen molar-refractivity contribution in [3.05, 3.63) is 64.1 Å². The van der Waals surface area contributed by atoms with Crippen LogP contribution in [0.1, 0.15) is 23.1 Å². The Kier molecular flexibility index (Phi) is 5.94. The molecule has 0 saturated carbocycles. The van der Waals surface area contributed by atoms with Gasteiger partial charge in [0.05, 0.1) is 18.8 Å². The van der Waals surface area contributed by atoms with E-state index in [0.29, 0.717) is 48.4 Å². The van der Waals surface area contributed by atoms with Crippen molar-refractivity contribution in [2.24, 2.45) is 0 Å². The molecular formula is C22H23ClN2O5. The number of furan rings is 1. The molecule has 8 heteroatoms. The van der Waals surface area contributed by atoms with Gasteiger partial charge in [0.1, 0.15) is 23.3 Å². The second-order valence-electron chi connectivity index (χ2n) is 7.40. The van der Waals surface area contributed by atoms with Gasteiger partial charge >= 0.3 is 0 Å². The first-order chi connectivity index (χ1) is 14.5. The van der Waals surface area contributed by atoms with Crippen LogP contribution in [0.25, 0.3) is 5.76 Å². The van der Waals surface area contributed by atoms with Crippen molar-refractivity contribution < 1.29 is 23.8 Å². The summed E-state index contributed by atoms with van der Waals surface area (Å²) < 4.78 is 11.1. The van der Waals surface area contributed by atoms with E-state index >= 15 is 0 Å². The molecule has 30 heavy (non-hydrogen) atoms. The number of aliphatic hydroxyl groups excluding tert-OH is 1. The Morgan fingerprint density at radius 1 is 1.10 bits per heavy atom. The molecule has 1 aromatic heterocycles. The monoisotopic (exact) mass is 430 g/mol. The van der Waals surface area contributed by atoms with Gasteiger partial charge in [0, 0.05) is 36.8 Å². The topological polar surface area (TPSA) is 83.2 Å². The van der Waals surface area contributed by atoms with Gasteiger partial charge in [-0.1, -0.05) is 11.6 Å². The van der Waals surface area contributed by atoms with Crippen LogP contribution in [0.4, 0.5) is 0 Å². The molecule has 0 unspecified atom stereocenters. The second-order valence-corrected chi connectivity index (χ2v) is 7.84. The molecule has 7 nitrogen and oxygen atoms in total. The average molecular weight is 431 g/mol. The SMILES string of the molecule is Cc1ccc([C@H]2C(=C(O)c3ccc(Cl)cc3)C(=O)C(=O)N2CCN2CCOCC2)o1. The molecule has 2 fully saturated rings. The molecule has 158 valence electrons. The van der Waals surface area contributed by atoms with E-state index < -0.39 is 17.7 Å². The van der Waals surface area contributed by atoms with Crippen LogP contribution in [0.5, 0.6) is 0 Å². The van der Waals surface area contributed by atoms with E-state index in [1.807, 2.05) is 0 Å². The second kappa shape index (κ2) is 8.63. The van der Waals surface area contributed by atoms with Crippen molar-refractivity contribution in [3.8, 4) is 0 Å². The molecule has 3 heterocycles. The maximum Gasteiger partial charge on any atom is 0.295 e. The molecule has 4 rings (SSSR count). The highest BCUT2D eigenvalue weighted by molar-refractivity contribution is 6.46. The Bertz CT molecular complexity index is 976. The zero-order valence-corrected chi connectivity index (χ0v) is 17.4. The summed E-state index contributed by atoms with van der Waals surface area (Å²) in [5.41, 5.74) is 0.442. The number of ketones is 1. The molecule has 1 aromatic carbocycles. The van der Waals surface area contributed by atoms with Crippen molar-refractivity contribution >= 4 is 29.1 Å². The predicted octanol–water partition coefficient (Wildman–Crippen LogP) is 3.00. The highest BCUT2D eigenvalue weighted by Crippen LogP contribution is 2.40. The van der Waals surface area contributed by atoms with Crippen molar-refractivity contribution in [3.63, 3.8) is 0 Å². The van der Waals surface area contributed by atoms with Gasteiger partial charge in [0.2, 0.25) is 0 Å². The number of Topliss-reactive ketones (excluding diaryl/α,β-unsaturated/α-hetero) is 1. The third-order valence-corrected chi connectivity index (χ3v) is 5.70. The molecule has 0 aliphatic carbocycles. The van der Waals surface area contributed by atoms with Crippen LogP contribution < -0.4 is 0 Å². The number of carbonyl (C=O) groups excluding carboxylic acids is 2. The molecule has 0 radical (unpaired) electrons. The first-order valence-corrected chi connectivity index (χ1v) is 10.2. The third-order valence-electron chi connectivity index (χ3n) is 5.45. The molecular weight excluding hydrogens is 408 g/mol. The lowest BCUT2D eigenvalue weighted by atomic mass is 9.99. The maximum absolute atomic E-state index is 12.9. The lowest BCUT2D eigenvalue weighted by Gasteiger charge is -2.30. The number of amides is 1. The van der Waals surface area contributed by atoms with E-state index in [0.717, 1.165) is 13.1 Å². The minimum atomic E-state index is -0.782. The minimum absolute atomic E-state index is 0.0265. The van der Waals surface area contributed by atoms with Gasteiger partial charge in [-0.05, 0) is 43.3 Å². The Morgan fingerprint density at radius 2 is 1.80 bits per heavy atom. The first kappa shape index (κ1) is 20.7. The number of rotatable bonds is 5. The van der Waals surface area contributed by atoms with Crippen molar-refractivity contribution in [2.75, 3.05) is 39.4 Å². The molecule has 0 spiro atoms. The normalized spacial score (nSPS) is 22.1. The maximum atomic E-state index is 12.9. The molecule has 1 amide bonds. The molecule has 2 aliphatic heterocycles. The first-order valence-electron chi connectivity index (χ1n) is 9.86. The molecule has 2 aromatic rings. The van der Waals surface area contributed by atoms with Gasteiger partial charge in [-0.2, -0.15) is 0 Å². The van der Waals surface area contributed by atoms with Gasteiger partial charge in [0.25, 0.3) is 11.7 Å². The number of halogens is 1. The minimum Gasteiger partial charge on any atom is -0.507 e. The fraction of sp³-hybridized carbons (Fsp3) is 0.364. The van der Waals surface area contributed by atoms with Gasteiger partial charge in [-0.15, -0.1) is 0 Å². The standard InChI is InChI=1S/C22H23ClN2O5/c1-14-2-7-17(30-14)19-18(20(26)15-3-5-16(23)6-4-15)21(27)22(28)25(19)9-8-24-10-12-29-13-11-24/h2-7,19,26H,8-13H2,1H3/t19-/m0/s1. The van der Waals surface area contributed by atoms with Crippen LogP contribution in [0.2, 0.25) is 5.02 Å². The van der Waals surface area contributed by atoms with Crippen molar-refractivity contribution in [1.29, 1.82) is 0 Å². The number of aryl methyl sites for hydroxylation is 1. The highest BCUT2D eigenvalue weighted by atomic mass is 35.5.